The van der Waals surface area contributed by atoms with Gasteiger partial charge in [-0.2, -0.15) is 4.98 Å². The van der Waals surface area contributed by atoms with Crippen LogP contribution in [-0.2, 0) is 0 Å². The van der Waals surface area contributed by atoms with Crippen molar-refractivity contribution in [3.8, 4) is 0 Å². The summed E-state index contributed by atoms with van der Waals surface area (Å²) in [5, 5.41) is 14.1. The van der Waals surface area contributed by atoms with Crippen molar-refractivity contribution in [2.75, 3.05) is 31.4 Å². The monoisotopic (exact) mass is 283 g/mol. The summed E-state index contributed by atoms with van der Waals surface area (Å²) in [6.07, 6.45) is 0. The molecular weight excluding hydrogens is 262 g/mol. The number of aromatic nitrogens is 2. The maximum absolute atomic E-state index is 11.1. The van der Waals surface area contributed by atoms with Crippen LogP contribution in [0.2, 0.25) is 0 Å². The van der Waals surface area contributed by atoms with Gasteiger partial charge in [0.25, 0.3) is 0 Å². The summed E-state index contributed by atoms with van der Waals surface area (Å²) in [7, 11) is 3.88. The van der Waals surface area contributed by atoms with Gasteiger partial charge < -0.3 is 10.2 Å². The number of nitro groups is 1. The van der Waals surface area contributed by atoms with Crippen molar-refractivity contribution in [3.63, 3.8) is 0 Å². The molecule has 9 heteroatoms. The standard InChI is InChI=1S/C11H21N7O2/c1-7-8(18(19)20)9(15-10(14-7)16-12)13-6-11(2,3)17(4)5/h6,12H2,1-5H3,(H2,13,14,15,16). The molecule has 0 bridgehead atoms. The smallest absolute Gasteiger partial charge is 0.332 e. The van der Waals surface area contributed by atoms with Crippen molar-refractivity contribution in [1.29, 1.82) is 0 Å². The maximum atomic E-state index is 11.1. The fourth-order valence-electron chi connectivity index (χ4n) is 1.43. The highest BCUT2D eigenvalue weighted by Gasteiger charge is 2.25. The van der Waals surface area contributed by atoms with Gasteiger partial charge in [-0.1, -0.05) is 0 Å². The first-order valence-electron chi connectivity index (χ1n) is 6.10. The van der Waals surface area contributed by atoms with Gasteiger partial charge in [0, 0.05) is 12.1 Å². The van der Waals surface area contributed by atoms with E-state index >= 15 is 0 Å². The van der Waals surface area contributed by atoms with Crippen LogP contribution in [0.3, 0.4) is 0 Å². The van der Waals surface area contributed by atoms with Crippen LogP contribution in [0, 0.1) is 17.0 Å². The molecule has 0 saturated heterocycles. The number of aryl methyl sites for hydroxylation is 1. The summed E-state index contributed by atoms with van der Waals surface area (Å²) in [5.41, 5.74) is 2.22. The Hall–Kier alpha value is -2.00. The molecule has 1 heterocycles. The summed E-state index contributed by atoms with van der Waals surface area (Å²) in [4.78, 5) is 20.6. The number of hydrogen-bond donors (Lipinski definition) is 3. The van der Waals surface area contributed by atoms with Gasteiger partial charge in [0.2, 0.25) is 11.8 Å². The van der Waals surface area contributed by atoms with Crippen molar-refractivity contribution in [1.82, 2.24) is 14.9 Å². The average Bonchev–Trinajstić information content (AvgIpc) is 2.34. The second-order valence-corrected chi connectivity index (χ2v) is 5.29. The molecule has 4 N–H and O–H groups in total. The number of hydrazine groups is 1. The van der Waals surface area contributed by atoms with Gasteiger partial charge in [-0.3, -0.25) is 15.5 Å². The lowest BCUT2D eigenvalue weighted by Gasteiger charge is -2.32. The number of nitrogen functional groups attached to an aromatic ring is 1. The molecule has 0 spiro atoms. The van der Waals surface area contributed by atoms with E-state index in [4.69, 9.17) is 5.84 Å². The molecule has 1 aromatic rings. The van der Waals surface area contributed by atoms with Crippen molar-refractivity contribution in [2.45, 2.75) is 26.3 Å². The topological polar surface area (TPSA) is 122 Å². The predicted octanol–water partition coefficient (Wildman–Crippen LogP) is 0.731. The quantitative estimate of drug-likeness (QED) is 0.397. The zero-order valence-electron chi connectivity index (χ0n) is 12.4. The van der Waals surface area contributed by atoms with Gasteiger partial charge in [0.05, 0.1) is 4.92 Å². The van der Waals surface area contributed by atoms with Crippen LogP contribution < -0.4 is 16.6 Å². The first-order chi connectivity index (χ1) is 9.19. The van der Waals surface area contributed by atoms with E-state index in [1.807, 2.05) is 32.8 Å². The van der Waals surface area contributed by atoms with Gasteiger partial charge in [-0.05, 0) is 34.9 Å². The van der Waals surface area contributed by atoms with E-state index in [9.17, 15) is 10.1 Å². The maximum Gasteiger partial charge on any atom is 0.332 e. The lowest BCUT2D eigenvalue weighted by molar-refractivity contribution is -0.385. The second-order valence-electron chi connectivity index (χ2n) is 5.29. The summed E-state index contributed by atoms with van der Waals surface area (Å²) in [6, 6.07) is 0. The Labute approximate surface area is 117 Å². The summed E-state index contributed by atoms with van der Waals surface area (Å²) in [5.74, 6) is 5.56. The first-order valence-corrected chi connectivity index (χ1v) is 6.10. The van der Waals surface area contributed by atoms with E-state index in [0.29, 0.717) is 6.54 Å². The second kappa shape index (κ2) is 5.97. The van der Waals surface area contributed by atoms with E-state index in [1.54, 1.807) is 6.92 Å². The number of hydrogen-bond acceptors (Lipinski definition) is 8. The van der Waals surface area contributed by atoms with Crippen LogP contribution >= 0.6 is 0 Å². The third-order valence-electron chi connectivity index (χ3n) is 3.27. The number of nitrogens with one attached hydrogen (secondary N) is 2. The predicted molar refractivity (Wildman–Crippen MR) is 77.5 cm³/mol. The minimum absolute atomic E-state index is 0.137. The number of nitrogens with two attached hydrogens (primary N) is 1. The Bertz CT molecular complexity index is 502. The van der Waals surface area contributed by atoms with Crippen molar-refractivity contribution < 1.29 is 4.92 Å². The normalized spacial score (nSPS) is 11.6. The Morgan fingerprint density at radius 1 is 1.40 bits per heavy atom. The molecule has 0 unspecified atom stereocenters. The Kier molecular flexibility index (Phi) is 4.79. The molecule has 20 heavy (non-hydrogen) atoms. The number of rotatable bonds is 6. The minimum atomic E-state index is -0.499. The molecule has 112 valence electrons. The van der Waals surface area contributed by atoms with Crippen LogP contribution in [0.4, 0.5) is 17.5 Å². The van der Waals surface area contributed by atoms with Gasteiger partial charge in [-0.25, -0.2) is 10.8 Å². The van der Waals surface area contributed by atoms with Crippen molar-refractivity contribution in [3.05, 3.63) is 15.8 Å². The number of likely N-dealkylation sites (N-methyl/N-ethyl adjacent to an activating group) is 1. The lowest BCUT2D eigenvalue weighted by atomic mass is 10.0. The third kappa shape index (κ3) is 3.52. The molecule has 0 aliphatic heterocycles. The van der Waals surface area contributed by atoms with Gasteiger partial charge in [-0.15, -0.1) is 0 Å². The average molecular weight is 283 g/mol. The molecule has 0 aliphatic carbocycles. The molecule has 0 fully saturated rings. The molecule has 0 amide bonds. The van der Waals surface area contributed by atoms with E-state index in [-0.39, 0.29) is 28.7 Å². The fourth-order valence-corrected chi connectivity index (χ4v) is 1.43. The van der Waals surface area contributed by atoms with Crippen LogP contribution in [0.5, 0.6) is 0 Å². The Morgan fingerprint density at radius 2 is 2.00 bits per heavy atom. The van der Waals surface area contributed by atoms with Crippen LogP contribution in [0.15, 0.2) is 0 Å². The lowest BCUT2D eigenvalue weighted by Crippen LogP contribution is -2.44. The highest BCUT2D eigenvalue weighted by atomic mass is 16.6. The van der Waals surface area contributed by atoms with E-state index in [2.05, 4.69) is 20.7 Å². The fraction of sp³-hybridized carbons (Fsp3) is 0.636. The molecule has 0 radical (unpaired) electrons. The summed E-state index contributed by atoms with van der Waals surface area (Å²) < 4.78 is 0. The van der Waals surface area contributed by atoms with E-state index < -0.39 is 4.92 Å². The first kappa shape index (κ1) is 16.1. The van der Waals surface area contributed by atoms with Crippen molar-refractivity contribution in [2.24, 2.45) is 5.84 Å². The molecular formula is C11H21N7O2. The molecule has 0 aliphatic rings. The zero-order valence-corrected chi connectivity index (χ0v) is 12.4. The van der Waals surface area contributed by atoms with Crippen LogP contribution in [0.1, 0.15) is 19.5 Å². The molecule has 9 nitrogen and oxygen atoms in total. The highest BCUT2D eigenvalue weighted by Crippen LogP contribution is 2.27. The van der Waals surface area contributed by atoms with Gasteiger partial charge in [0.15, 0.2) is 0 Å². The SMILES string of the molecule is Cc1nc(NN)nc(NCC(C)(C)N(C)C)c1[N+](=O)[O-]. The highest BCUT2D eigenvalue weighted by molar-refractivity contribution is 5.60. The van der Waals surface area contributed by atoms with Crippen molar-refractivity contribution >= 4 is 17.5 Å². The molecule has 0 saturated carbocycles. The number of nitrogens with zero attached hydrogens (tertiary/aromatic N) is 4. The summed E-state index contributed by atoms with van der Waals surface area (Å²) >= 11 is 0. The largest absolute Gasteiger partial charge is 0.362 e. The Morgan fingerprint density at radius 3 is 2.45 bits per heavy atom. The Balaban J connectivity index is 3.10. The van der Waals surface area contributed by atoms with E-state index in [1.165, 1.54) is 0 Å². The number of anilines is 2. The molecule has 0 aromatic carbocycles. The third-order valence-corrected chi connectivity index (χ3v) is 3.27. The van der Waals surface area contributed by atoms with Gasteiger partial charge >= 0.3 is 5.69 Å². The molecule has 1 rings (SSSR count). The summed E-state index contributed by atoms with van der Waals surface area (Å²) in [6.45, 7) is 6.06. The van der Waals surface area contributed by atoms with Crippen LogP contribution in [0.25, 0.3) is 0 Å². The molecule has 0 atom stereocenters. The zero-order chi connectivity index (χ0) is 15.5. The minimum Gasteiger partial charge on any atom is -0.362 e. The molecule has 1 aromatic heterocycles. The van der Waals surface area contributed by atoms with Crippen LogP contribution in [-0.4, -0.2) is 46.0 Å². The van der Waals surface area contributed by atoms with Gasteiger partial charge in [0.1, 0.15) is 5.69 Å². The van der Waals surface area contributed by atoms with E-state index in [0.717, 1.165) is 0 Å².